The fourth-order valence-corrected chi connectivity index (χ4v) is 0.720. The maximum atomic E-state index is 5.55. The summed E-state index contributed by atoms with van der Waals surface area (Å²) in [4.78, 5) is 0.420. The fourth-order valence-electron chi connectivity index (χ4n) is 0.624. The highest BCUT2D eigenvalue weighted by Gasteiger charge is 2.06. The van der Waals surface area contributed by atoms with Gasteiger partial charge in [0.1, 0.15) is 0 Å². The Hall–Kier alpha value is -0.150. The van der Waals surface area contributed by atoms with Gasteiger partial charge in [0, 0.05) is 0 Å². The smallest absolute Gasteiger partial charge is 0.0897 e. The number of thiocarbonyl (C=S) groups is 1. The van der Waals surface area contributed by atoms with Gasteiger partial charge in [-0.25, -0.2) is 0 Å². The lowest BCUT2D eigenvalue weighted by Crippen LogP contribution is -2.35. The molecule has 0 aromatic rings. The van der Waals surface area contributed by atoms with Crippen molar-refractivity contribution in [3.8, 4) is 0 Å². The molecule has 4 N–H and O–H groups in total. The van der Waals surface area contributed by atoms with Gasteiger partial charge in [0.2, 0.25) is 0 Å². The van der Waals surface area contributed by atoms with Crippen LogP contribution in [-0.4, -0.2) is 11.0 Å². The van der Waals surface area contributed by atoms with E-state index >= 15 is 0 Å². The van der Waals surface area contributed by atoms with Crippen LogP contribution in [0.5, 0.6) is 0 Å². The average molecular weight is 146 g/mol. The molecule has 3 heteroatoms. The molecule has 0 spiro atoms. The van der Waals surface area contributed by atoms with E-state index in [-0.39, 0.29) is 6.04 Å². The summed E-state index contributed by atoms with van der Waals surface area (Å²) >= 11 is 4.69. The van der Waals surface area contributed by atoms with Crippen molar-refractivity contribution < 1.29 is 0 Å². The van der Waals surface area contributed by atoms with Crippen LogP contribution in [0.4, 0.5) is 0 Å². The van der Waals surface area contributed by atoms with Crippen LogP contribution in [0.1, 0.15) is 20.3 Å². The van der Waals surface area contributed by atoms with E-state index in [4.69, 9.17) is 11.5 Å². The predicted octanol–water partition coefficient (Wildman–Crippen LogP) is 0.646. The standard InChI is InChI=1S/C6H14N2S/c1-4(2)3-5(7)6(8)9/h4-5H,3,7H2,1-2H3,(H2,8,9). The molecule has 0 aliphatic heterocycles. The van der Waals surface area contributed by atoms with Crippen molar-refractivity contribution in [1.29, 1.82) is 0 Å². The third kappa shape index (κ3) is 4.36. The van der Waals surface area contributed by atoms with E-state index in [0.717, 1.165) is 6.42 Å². The lowest BCUT2D eigenvalue weighted by atomic mass is 10.1. The van der Waals surface area contributed by atoms with Gasteiger partial charge in [-0.3, -0.25) is 0 Å². The molecule has 0 saturated heterocycles. The first-order valence-corrected chi connectivity index (χ1v) is 3.49. The van der Waals surface area contributed by atoms with Gasteiger partial charge in [-0.05, 0) is 12.3 Å². The molecule has 54 valence electrons. The van der Waals surface area contributed by atoms with Gasteiger partial charge in [0.15, 0.2) is 0 Å². The maximum absolute atomic E-state index is 5.55. The van der Waals surface area contributed by atoms with E-state index in [0.29, 0.717) is 10.9 Å². The molecule has 0 aromatic carbocycles. The zero-order chi connectivity index (χ0) is 7.44. The molecule has 0 aliphatic carbocycles. The second-order valence-corrected chi connectivity index (χ2v) is 3.11. The molecule has 1 unspecified atom stereocenters. The maximum Gasteiger partial charge on any atom is 0.0897 e. The third-order valence-electron chi connectivity index (χ3n) is 1.09. The average Bonchev–Trinajstić information content (AvgIpc) is 1.63. The topological polar surface area (TPSA) is 52.0 Å². The second-order valence-electron chi connectivity index (χ2n) is 2.64. The zero-order valence-electron chi connectivity index (χ0n) is 5.92. The van der Waals surface area contributed by atoms with Gasteiger partial charge in [-0.2, -0.15) is 0 Å². The Bertz CT molecular complexity index is 101. The van der Waals surface area contributed by atoms with Crippen molar-refractivity contribution in [2.75, 3.05) is 0 Å². The molecule has 9 heavy (non-hydrogen) atoms. The summed E-state index contributed by atoms with van der Waals surface area (Å²) in [7, 11) is 0. The van der Waals surface area contributed by atoms with E-state index in [2.05, 4.69) is 26.1 Å². The normalized spacial score (nSPS) is 13.8. The van der Waals surface area contributed by atoms with Gasteiger partial charge in [0.05, 0.1) is 11.0 Å². The van der Waals surface area contributed by atoms with Gasteiger partial charge in [0.25, 0.3) is 0 Å². The largest absolute Gasteiger partial charge is 0.392 e. The molecular formula is C6H14N2S. The SMILES string of the molecule is CC(C)CC(N)C(N)=S. The highest BCUT2D eigenvalue weighted by atomic mass is 32.1. The van der Waals surface area contributed by atoms with E-state index in [1.807, 2.05) is 0 Å². The summed E-state index contributed by atoms with van der Waals surface area (Å²) in [5.74, 6) is 0.571. The Kier molecular flexibility index (Phi) is 3.73. The summed E-state index contributed by atoms with van der Waals surface area (Å²) in [5.41, 5.74) is 10.8. The Morgan fingerprint density at radius 3 is 2.11 bits per heavy atom. The molecule has 0 aliphatic rings. The molecule has 0 heterocycles. The second kappa shape index (κ2) is 3.80. The summed E-state index contributed by atoms with van der Waals surface area (Å²) in [6, 6.07) is -0.0972. The fraction of sp³-hybridized carbons (Fsp3) is 0.833. The quantitative estimate of drug-likeness (QED) is 0.575. The molecule has 0 radical (unpaired) electrons. The molecule has 2 nitrogen and oxygen atoms in total. The Labute approximate surface area is 61.6 Å². The molecule has 0 aromatic heterocycles. The van der Waals surface area contributed by atoms with Crippen LogP contribution in [0.2, 0.25) is 0 Å². The minimum atomic E-state index is -0.0972. The van der Waals surface area contributed by atoms with Crippen molar-refractivity contribution in [2.24, 2.45) is 17.4 Å². The third-order valence-corrected chi connectivity index (χ3v) is 1.39. The van der Waals surface area contributed by atoms with Crippen LogP contribution in [-0.2, 0) is 0 Å². The molecule has 1 atom stereocenters. The number of nitrogens with two attached hydrogens (primary N) is 2. The molecule has 0 bridgehead atoms. The Morgan fingerprint density at radius 1 is 1.56 bits per heavy atom. The number of rotatable bonds is 3. The van der Waals surface area contributed by atoms with E-state index < -0.39 is 0 Å². The van der Waals surface area contributed by atoms with Crippen LogP contribution < -0.4 is 11.5 Å². The highest BCUT2D eigenvalue weighted by molar-refractivity contribution is 7.80. The van der Waals surface area contributed by atoms with Crippen LogP contribution in [0, 0.1) is 5.92 Å². The lowest BCUT2D eigenvalue weighted by molar-refractivity contribution is 0.561. The van der Waals surface area contributed by atoms with Gasteiger partial charge in [-0.15, -0.1) is 0 Å². The van der Waals surface area contributed by atoms with Crippen molar-refractivity contribution in [3.05, 3.63) is 0 Å². The van der Waals surface area contributed by atoms with Crippen molar-refractivity contribution in [3.63, 3.8) is 0 Å². The molecule has 0 saturated carbocycles. The predicted molar refractivity (Wildman–Crippen MR) is 44.2 cm³/mol. The molecular weight excluding hydrogens is 132 g/mol. The van der Waals surface area contributed by atoms with Crippen molar-refractivity contribution in [1.82, 2.24) is 0 Å². The van der Waals surface area contributed by atoms with Crippen molar-refractivity contribution >= 4 is 17.2 Å². The summed E-state index contributed by atoms with van der Waals surface area (Å²) in [6.45, 7) is 4.19. The monoisotopic (exact) mass is 146 g/mol. The van der Waals surface area contributed by atoms with Crippen LogP contribution in [0.15, 0.2) is 0 Å². The van der Waals surface area contributed by atoms with Crippen LogP contribution >= 0.6 is 12.2 Å². The number of hydrogen-bond acceptors (Lipinski definition) is 2. The minimum absolute atomic E-state index is 0.0972. The van der Waals surface area contributed by atoms with Crippen LogP contribution in [0.3, 0.4) is 0 Å². The first kappa shape index (κ1) is 8.85. The zero-order valence-corrected chi connectivity index (χ0v) is 6.74. The van der Waals surface area contributed by atoms with E-state index in [9.17, 15) is 0 Å². The molecule has 0 fully saturated rings. The first-order chi connectivity index (χ1) is 4.04. The van der Waals surface area contributed by atoms with E-state index in [1.54, 1.807) is 0 Å². The number of hydrogen-bond donors (Lipinski definition) is 2. The summed E-state index contributed by atoms with van der Waals surface area (Å²) in [6.07, 6.45) is 0.884. The lowest BCUT2D eigenvalue weighted by Gasteiger charge is -2.10. The molecule has 0 amide bonds. The minimum Gasteiger partial charge on any atom is -0.392 e. The van der Waals surface area contributed by atoms with Crippen molar-refractivity contribution in [2.45, 2.75) is 26.3 Å². The Morgan fingerprint density at radius 2 is 2.00 bits per heavy atom. The first-order valence-electron chi connectivity index (χ1n) is 3.09. The highest BCUT2D eigenvalue weighted by Crippen LogP contribution is 2.01. The van der Waals surface area contributed by atoms with Gasteiger partial charge in [-0.1, -0.05) is 26.1 Å². The Balaban J connectivity index is 3.50. The molecule has 0 rings (SSSR count). The van der Waals surface area contributed by atoms with Crippen LogP contribution in [0.25, 0.3) is 0 Å². The van der Waals surface area contributed by atoms with Gasteiger partial charge >= 0.3 is 0 Å². The van der Waals surface area contributed by atoms with Gasteiger partial charge < -0.3 is 11.5 Å². The summed E-state index contributed by atoms with van der Waals surface area (Å²) in [5, 5.41) is 0. The summed E-state index contributed by atoms with van der Waals surface area (Å²) < 4.78 is 0. The van der Waals surface area contributed by atoms with E-state index in [1.165, 1.54) is 0 Å².